The Morgan fingerprint density at radius 2 is 2.38 bits per heavy atom. The van der Waals surface area contributed by atoms with Crippen LogP contribution in [-0.2, 0) is 9.59 Å². The smallest absolute Gasteiger partial charge is 0.354 e. The van der Waals surface area contributed by atoms with Crippen LogP contribution in [0.2, 0.25) is 0 Å². The summed E-state index contributed by atoms with van der Waals surface area (Å²) in [6.45, 7) is 3.77. The van der Waals surface area contributed by atoms with E-state index in [1.165, 1.54) is 28.4 Å². The number of aliphatic carboxylic acids is 1. The monoisotopic (exact) mass is 257 g/mol. The van der Waals surface area contributed by atoms with Gasteiger partial charge in [-0.2, -0.15) is 0 Å². The van der Waals surface area contributed by atoms with Gasteiger partial charge in [0.2, 0.25) is 0 Å². The Labute approximate surface area is 102 Å². The zero-order valence-electron chi connectivity index (χ0n) is 8.89. The van der Waals surface area contributed by atoms with Gasteiger partial charge in [-0.25, -0.2) is 4.79 Å². The summed E-state index contributed by atoms with van der Waals surface area (Å²) in [6, 6.07) is 0. The number of allylic oxidation sites excluding steroid dienone is 1. The summed E-state index contributed by atoms with van der Waals surface area (Å²) in [5.74, 6) is -0.391. The van der Waals surface area contributed by atoms with E-state index in [0.717, 1.165) is 9.99 Å². The summed E-state index contributed by atoms with van der Waals surface area (Å²) in [6.07, 6.45) is 1.76. The van der Waals surface area contributed by atoms with Gasteiger partial charge in [-0.3, -0.25) is 9.69 Å². The molecule has 6 heteroatoms. The van der Waals surface area contributed by atoms with Crippen molar-refractivity contribution in [1.29, 1.82) is 0 Å². The molecule has 16 heavy (non-hydrogen) atoms. The Bertz CT molecular complexity index is 428. The number of thioether (sulfide) groups is 2. The van der Waals surface area contributed by atoms with Gasteiger partial charge in [0, 0.05) is 5.57 Å². The van der Waals surface area contributed by atoms with Crippen LogP contribution in [0.1, 0.15) is 13.8 Å². The van der Waals surface area contributed by atoms with Crippen LogP contribution in [0.4, 0.5) is 0 Å². The number of hydrogen-bond donors (Lipinski definition) is 1. The lowest BCUT2D eigenvalue weighted by molar-refractivity contribution is -0.141. The Morgan fingerprint density at radius 3 is 2.88 bits per heavy atom. The molecule has 2 heterocycles. The van der Waals surface area contributed by atoms with Crippen molar-refractivity contribution in [3.8, 4) is 0 Å². The molecule has 86 valence electrons. The highest BCUT2D eigenvalue weighted by Crippen LogP contribution is 2.52. The predicted octanol–water partition coefficient (Wildman–Crippen LogP) is 1.85. The minimum Gasteiger partial charge on any atom is -0.477 e. The Hall–Kier alpha value is -0.880. The van der Waals surface area contributed by atoms with Crippen molar-refractivity contribution in [2.24, 2.45) is 0 Å². The molecule has 1 amide bonds. The molecule has 1 saturated heterocycles. The maximum Gasteiger partial charge on any atom is 0.354 e. The molecule has 0 radical (unpaired) electrons. The van der Waals surface area contributed by atoms with Crippen LogP contribution in [-0.4, -0.2) is 33.0 Å². The van der Waals surface area contributed by atoms with Gasteiger partial charge < -0.3 is 5.11 Å². The van der Waals surface area contributed by atoms with Gasteiger partial charge in [0.1, 0.15) is 5.37 Å². The number of carbonyl (C=O) groups is 2. The Balaban J connectivity index is 2.33. The number of fused-ring (bicyclic) bond motifs is 1. The van der Waals surface area contributed by atoms with E-state index in [9.17, 15) is 9.59 Å². The maximum absolute atomic E-state index is 11.7. The van der Waals surface area contributed by atoms with Gasteiger partial charge >= 0.3 is 5.97 Å². The number of hydrogen-bond acceptors (Lipinski definition) is 4. The first kappa shape index (κ1) is 11.6. The first-order valence-corrected chi connectivity index (χ1v) is 6.75. The van der Waals surface area contributed by atoms with Crippen LogP contribution in [0.3, 0.4) is 0 Å². The summed E-state index contributed by atoms with van der Waals surface area (Å²) in [5.41, 5.74) is 0.855. The summed E-state index contributed by atoms with van der Waals surface area (Å²) < 4.78 is 0.741. The summed E-state index contributed by atoms with van der Waals surface area (Å²) >= 11 is 2.93. The summed E-state index contributed by atoms with van der Waals surface area (Å²) in [4.78, 5) is 24.2. The maximum atomic E-state index is 11.7. The van der Waals surface area contributed by atoms with Crippen LogP contribution >= 0.6 is 23.5 Å². The fourth-order valence-corrected chi connectivity index (χ4v) is 4.36. The normalized spacial score (nSPS) is 26.1. The highest BCUT2D eigenvalue weighted by molar-refractivity contribution is 8.22. The highest BCUT2D eigenvalue weighted by atomic mass is 32.2. The van der Waals surface area contributed by atoms with Crippen molar-refractivity contribution in [2.45, 2.75) is 19.2 Å². The summed E-state index contributed by atoms with van der Waals surface area (Å²) in [7, 11) is 0. The molecule has 0 aromatic heterocycles. The summed E-state index contributed by atoms with van der Waals surface area (Å²) in [5, 5.41) is 9.00. The van der Waals surface area contributed by atoms with Gasteiger partial charge in [0.05, 0.1) is 4.24 Å². The van der Waals surface area contributed by atoms with Crippen LogP contribution < -0.4 is 0 Å². The van der Waals surface area contributed by atoms with Crippen molar-refractivity contribution in [3.63, 3.8) is 0 Å². The molecule has 0 spiro atoms. The second kappa shape index (κ2) is 4.18. The zero-order valence-corrected chi connectivity index (χ0v) is 10.5. The molecule has 1 N–H and O–H groups in total. The zero-order chi connectivity index (χ0) is 11.9. The minimum atomic E-state index is -1.02. The number of carboxylic acid groups (broad SMARTS) is 1. The van der Waals surface area contributed by atoms with Crippen LogP contribution in [0.5, 0.6) is 0 Å². The van der Waals surface area contributed by atoms with E-state index < -0.39 is 5.97 Å². The number of carboxylic acids is 1. The van der Waals surface area contributed by atoms with E-state index in [0.29, 0.717) is 5.57 Å². The number of carbonyl (C=O) groups excluding carboxylic acids is 1. The van der Waals surface area contributed by atoms with E-state index in [-0.39, 0.29) is 17.0 Å². The standard InChI is InChI=1S/C10H11NO3S2/c1-3-5-7(12)11-6(9(13)14)10(15-4-2)16-8(5)11/h3,8H,4H2,1-2H3,(H,13,14)/t8-/m1/s1. The Morgan fingerprint density at radius 1 is 1.69 bits per heavy atom. The lowest BCUT2D eigenvalue weighted by atomic mass is 10.1. The predicted molar refractivity (Wildman–Crippen MR) is 64.8 cm³/mol. The third-order valence-electron chi connectivity index (χ3n) is 2.41. The number of β-lactam (4-membered cyclic amide) rings is 1. The third-order valence-corrected chi connectivity index (χ3v) is 4.89. The van der Waals surface area contributed by atoms with Crippen LogP contribution in [0, 0.1) is 0 Å². The van der Waals surface area contributed by atoms with Gasteiger partial charge in [0.25, 0.3) is 5.91 Å². The second-order valence-electron chi connectivity index (χ2n) is 3.26. The van der Waals surface area contributed by atoms with E-state index in [1.807, 2.05) is 6.92 Å². The van der Waals surface area contributed by atoms with Crippen LogP contribution in [0.25, 0.3) is 0 Å². The molecule has 1 atom stereocenters. The van der Waals surface area contributed by atoms with E-state index in [4.69, 9.17) is 5.11 Å². The first-order chi connectivity index (χ1) is 7.61. The first-order valence-electron chi connectivity index (χ1n) is 4.88. The molecule has 0 aliphatic carbocycles. The van der Waals surface area contributed by atoms with Gasteiger partial charge in [-0.15, -0.1) is 11.8 Å². The van der Waals surface area contributed by atoms with E-state index in [2.05, 4.69) is 0 Å². The molecule has 1 fully saturated rings. The third kappa shape index (κ3) is 1.48. The van der Waals surface area contributed by atoms with E-state index >= 15 is 0 Å². The molecule has 0 aromatic rings. The number of nitrogens with zero attached hydrogens (tertiary/aromatic N) is 1. The molecule has 2 aliphatic heterocycles. The minimum absolute atomic E-state index is 0.113. The molecular formula is C10H11NO3S2. The van der Waals surface area contributed by atoms with E-state index in [1.54, 1.807) is 13.0 Å². The highest BCUT2D eigenvalue weighted by Gasteiger charge is 2.52. The quantitative estimate of drug-likeness (QED) is 0.617. The molecular weight excluding hydrogens is 246 g/mol. The number of amides is 1. The average molecular weight is 257 g/mol. The van der Waals surface area contributed by atoms with Crippen molar-refractivity contribution in [3.05, 3.63) is 21.6 Å². The van der Waals surface area contributed by atoms with Crippen LogP contribution in [0.15, 0.2) is 21.6 Å². The van der Waals surface area contributed by atoms with Crippen molar-refractivity contribution in [1.82, 2.24) is 4.90 Å². The largest absolute Gasteiger partial charge is 0.477 e. The second-order valence-corrected chi connectivity index (χ2v) is 5.89. The fraction of sp³-hybridized carbons (Fsp3) is 0.400. The Kier molecular flexibility index (Phi) is 3.03. The van der Waals surface area contributed by atoms with Gasteiger partial charge in [0.15, 0.2) is 5.70 Å². The molecule has 0 aromatic carbocycles. The number of rotatable bonds is 3. The lowest BCUT2D eigenvalue weighted by Crippen LogP contribution is -2.51. The topological polar surface area (TPSA) is 57.6 Å². The molecule has 0 unspecified atom stereocenters. The van der Waals surface area contributed by atoms with Gasteiger partial charge in [-0.05, 0) is 12.7 Å². The fourth-order valence-electron chi connectivity index (χ4n) is 1.70. The molecule has 0 bridgehead atoms. The van der Waals surface area contributed by atoms with Crippen molar-refractivity contribution >= 4 is 35.4 Å². The SMILES string of the molecule is CC=C1C(=O)N2C(C(=O)O)=C(SCC)S[C@H]12. The molecule has 4 nitrogen and oxygen atoms in total. The van der Waals surface area contributed by atoms with Gasteiger partial charge in [-0.1, -0.05) is 24.8 Å². The lowest BCUT2D eigenvalue weighted by Gasteiger charge is -2.36. The van der Waals surface area contributed by atoms with Crippen molar-refractivity contribution < 1.29 is 14.7 Å². The van der Waals surface area contributed by atoms with Crippen molar-refractivity contribution in [2.75, 3.05) is 5.75 Å². The molecule has 2 rings (SSSR count). The molecule has 2 aliphatic rings. The average Bonchev–Trinajstić information content (AvgIpc) is 2.55. The molecule has 0 saturated carbocycles.